The van der Waals surface area contributed by atoms with Crippen molar-refractivity contribution in [3.8, 4) is 0 Å². The number of pyridine rings is 1. The maximum absolute atomic E-state index is 12.7. The highest BCUT2D eigenvalue weighted by molar-refractivity contribution is 5.91. The van der Waals surface area contributed by atoms with Crippen LogP contribution in [0.25, 0.3) is 0 Å². The Morgan fingerprint density at radius 2 is 2.00 bits per heavy atom. The molecule has 0 saturated carbocycles. The third-order valence-electron chi connectivity index (χ3n) is 6.40. The van der Waals surface area contributed by atoms with Gasteiger partial charge in [0.05, 0.1) is 5.71 Å². The van der Waals surface area contributed by atoms with Gasteiger partial charge in [-0.2, -0.15) is 0 Å². The van der Waals surface area contributed by atoms with Crippen molar-refractivity contribution >= 4 is 17.5 Å². The third kappa shape index (κ3) is 4.03. The first-order valence-corrected chi connectivity index (χ1v) is 10.2. The van der Waals surface area contributed by atoms with Crippen LogP contribution in [-0.2, 0) is 20.8 Å². The highest BCUT2D eigenvalue weighted by atomic mass is 16.6. The van der Waals surface area contributed by atoms with E-state index < -0.39 is 6.10 Å². The summed E-state index contributed by atoms with van der Waals surface area (Å²) >= 11 is 0. The zero-order chi connectivity index (χ0) is 19.6. The fraction of sp³-hybridized carbons (Fsp3) is 0.619. The first kappa shape index (κ1) is 18.9. The van der Waals surface area contributed by atoms with Crippen LogP contribution >= 0.6 is 0 Å². The van der Waals surface area contributed by atoms with E-state index in [0.717, 1.165) is 57.6 Å². The predicted molar refractivity (Wildman–Crippen MR) is 105 cm³/mol. The number of oxime groups is 1. The summed E-state index contributed by atoms with van der Waals surface area (Å²) in [5.74, 6) is 0.307. The molecule has 7 heteroatoms. The molecule has 1 aromatic rings. The molecule has 1 spiro atoms. The van der Waals surface area contributed by atoms with E-state index >= 15 is 0 Å². The van der Waals surface area contributed by atoms with Crippen LogP contribution < -0.4 is 0 Å². The van der Waals surface area contributed by atoms with Crippen LogP contribution in [0, 0.1) is 5.41 Å². The lowest BCUT2D eigenvalue weighted by molar-refractivity contribution is -0.148. The average molecular weight is 384 g/mol. The summed E-state index contributed by atoms with van der Waals surface area (Å²) in [6.07, 6.45) is 8.04. The van der Waals surface area contributed by atoms with Gasteiger partial charge in [0.15, 0.2) is 0 Å². The summed E-state index contributed by atoms with van der Waals surface area (Å²) in [5.41, 5.74) is 2.23. The fourth-order valence-corrected chi connectivity index (χ4v) is 4.56. The Balaban J connectivity index is 1.31. The van der Waals surface area contributed by atoms with Gasteiger partial charge in [0, 0.05) is 51.4 Å². The Labute approximate surface area is 165 Å². The molecule has 0 unspecified atom stereocenters. The van der Waals surface area contributed by atoms with Crippen molar-refractivity contribution in [3.05, 3.63) is 30.1 Å². The monoisotopic (exact) mass is 384 g/mol. The third-order valence-corrected chi connectivity index (χ3v) is 6.40. The van der Waals surface area contributed by atoms with Crippen LogP contribution in [0.15, 0.2) is 29.7 Å². The second-order valence-corrected chi connectivity index (χ2v) is 8.37. The van der Waals surface area contributed by atoms with E-state index in [1.165, 1.54) is 5.56 Å². The van der Waals surface area contributed by atoms with Gasteiger partial charge < -0.3 is 14.6 Å². The lowest BCUT2D eigenvalue weighted by Gasteiger charge is -2.47. The highest BCUT2D eigenvalue weighted by Gasteiger charge is 2.42. The smallest absolute Gasteiger partial charge is 0.266 e. The lowest BCUT2D eigenvalue weighted by atomic mass is 9.72. The molecule has 3 aliphatic rings. The van der Waals surface area contributed by atoms with E-state index in [1.807, 2.05) is 28.9 Å². The van der Waals surface area contributed by atoms with E-state index in [2.05, 4.69) is 10.1 Å². The maximum atomic E-state index is 12.7. The summed E-state index contributed by atoms with van der Waals surface area (Å²) in [5, 5.41) is 3.90. The number of amides is 2. The van der Waals surface area contributed by atoms with Gasteiger partial charge in [0.25, 0.3) is 5.91 Å². The molecule has 4 rings (SSSR count). The van der Waals surface area contributed by atoms with Crippen molar-refractivity contribution in [1.29, 1.82) is 0 Å². The van der Waals surface area contributed by atoms with Gasteiger partial charge in [0.1, 0.15) is 0 Å². The Bertz CT molecular complexity index is 756. The fourth-order valence-electron chi connectivity index (χ4n) is 4.56. The standard InChI is InChI=1S/C21H28N4O3/c1-16-14-18(28-23-16)20(27)24-12-7-21(8-13-24)6-2-19(26)25(15-21)11-5-17-3-9-22-10-4-17/h3-4,9-10,18H,2,5-8,11-15H2,1H3/t18-/m1/s1. The summed E-state index contributed by atoms with van der Waals surface area (Å²) in [7, 11) is 0. The molecule has 7 nitrogen and oxygen atoms in total. The molecule has 4 heterocycles. The van der Waals surface area contributed by atoms with Gasteiger partial charge in [-0.1, -0.05) is 5.16 Å². The minimum absolute atomic E-state index is 0.0527. The van der Waals surface area contributed by atoms with E-state index in [1.54, 1.807) is 12.4 Å². The van der Waals surface area contributed by atoms with E-state index in [4.69, 9.17) is 4.84 Å². The first-order valence-electron chi connectivity index (χ1n) is 10.2. The molecule has 1 aromatic heterocycles. The molecule has 2 fully saturated rings. The van der Waals surface area contributed by atoms with Crippen molar-refractivity contribution in [3.63, 3.8) is 0 Å². The molecule has 2 amide bonds. The summed E-state index contributed by atoms with van der Waals surface area (Å²) in [4.78, 5) is 38.3. The van der Waals surface area contributed by atoms with Gasteiger partial charge in [-0.05, 0) is 55.7 Å². The molecular weight excluding hydrogens is 356 g/mol. The second-order valence-electron chi connectivity index (χ2n) is 8.37. The SMILES string of the molecule is CC1=NO[C@@H](C(=O)N2CCC3(CCC(=O)N(CCc4ccncc4)C3)CC2)C1. The Kier molecular flexibility index (Phi) is 5.33. The Hall–Kier alpha value is -2.44. The summed E-state index contributed by atoms with van der Waals surface area (Å²) < 4.78 is 0. The van der Waals surface area contributed by atoms with Crippen molar-refractivity contribution in [2.24, 2.45) is 10.6 Å². The van der Waals surface area contributed by atoms with E-state index in [0.29, 0.717) is 12.8 Å². The van der Waals surface area contributed by atoms with Crippen LogP contribution in [0.1, 0.15) is 44.6 Å². The molecule has 150 valence electrons. The number of hydrogen-bond donors (Lipinski definition) is 0. The zero-order valence-corrected chi connectivity index (χ0v) is 16.5. The Morgan fingerprint density at radius 1 is 1.25 bits per heavy atom. The van der Waals surface area contributed by atoms with Crippen LogP contribution in [-0.4, -0.2) is 64.6 Å². The Morgan fingerprint density at radius 3 is 2.68 bits per heavy atom. The molecule has 2 saturated heterocycles. The highest BCUT2D eigenvalue weighted by Crippen LogP contribution is 2.40. The minimum atomic E-state index is -0.446. The molecule has 0 N–H and O–H groups in total. The minimum Gasteiger partial charge on any atom is -0.382 e. The molecule has 1 atom stereocenters. The molecule has 3 aliphatic heterocycles. The number of aromatic nitrogens is 1. The number of carbonyl (C=O) groups excluding carboxylic acids is 2. The lowest BCUT2D eigenvalue weighted by Crippen LogP contribution is -2.53. The largest absolute Gasteiger partial charge is 0.382 e. The molecule has 0 bridgehead atoms. The number of hydrogen-bond acceptors (Lipinski definition) is 5. The topological polar surface area (TPSA) is 75.1 Å². The quantitative estimate of drug-likeness (QED) is 0.796. The van der Waals surface area contributed by atoms with Crippen molar-refractivity contribution < 1.29 is 14.4 Å². The molecule has 28 heavy (non-hydrogen) atoms. The van der Waals surface area contributed by atoms with Gasteiger partial charge in [0.2, 0.25) is 12.0 Å². The molecular formula is C21H28N4O3. The van der Waals surface area contributed by atoms with E-state index in [-0.39, 0.29) is 17.2 Å². The van der Waals surface area contributed by atoms with Crippen LogP contribution in [0.2, 0.25) is 0 Å². The van der Waals surface area contributed by atoms with Gasteiger partial charge in [-0.15, -0.1) is 0 Å². The van der Waals surface area contributed by atoms with E-state index in [9.17, 15) is 9.59 Å². The number of piperidine rings is 2. The van der Waals surface area contributed by atoms with Crippen molar-refractivity contribution in [1.82, 2.24) is 14.8 Å². The van der Waals surface area contributed by atoms with Gasteiger partial charge in [-0.3, -0.25) is 14.6 Å². The zero-order valence-electron chi connectivity index (χ0n) is 16.5. The predicted octanol–water partition coefficient (Wildman–Crippen LogP) is 2.02. The molecule has 0 aliphatic carbocycles. The number of rotatable bonds is 4. The van der Waals surface area contributed by atoms with Gasteiger partial charge >= 0.3 is 0 Å². The molecule has 0 aromatic carbocycles. The summed E-state index contributed by atoms with van der Waals surface area (Å²) in [6, 6.07) is 4.01. The maximum Gasteiger partial charge on any atom is 0.266 e. The van der Waals surface area contributed by atoms with Crippen molar-refractivity contribution in [2.75, 3.05) is 26.2 Å². The number of nitrogens with zero attached hydrogens (tertiary/aromatic N) is 4. The average Bonchev–Trinajstić information content (AvgIpc) is 3.16. The van der Waals surface area contributed by atoms with Gasteiger partial charge in [-0.25, -0.2) is 0 Å². The normalized spacial score (nSPS) is 24.2. The van der Waals surface area contributed by atoms with Crippen LogP contribution in [0.5, 0.6) is 0 Å². The number of likely N-dealkylation sites (tertiary alicyclic amines) is 2. The van der Waals surface area contributed by atoms with Crippen LogP contribution in [0.3, 0.4) is 0 Å². The second kappa shape index (κ2) is 7.89. The summed E-state index contributed by atoms with van der Waals surface area (Å²) in [6.45, 7) is 4.92. The van der Waals surface area contributed by atoms with Crippen LogP contribution in [0.4, 0.5) is 0 Å². The number of carbonyl (C=O) groups is 2. The van der Waals surface area contributed by atoms with Crippen molar-refractivity contribution in [2.45, 2.75) is 51.6 Å². The molecule has 0 radical (unpaired) electrons. The first-order chi connectivity index (χ1) is 13.5.